The zero-order valence-electron chi connectivity index (χ0n) is 9.70. The Labute approximate surface area is 91.7 Å². The minimum atomic E-state index is 0.436. The van der Waals surface area contributed by atoms with E-state index in [1.807, 2.05) is 6.92 Å². The van der Waals surface area contributed by atoms with Crippen molar-refractivity contribution in [2.75, 3.05) is 39.4 Å². The first-order valence-electron chi connectivity index (χ1n) is 5.59. The molecule has 0 spiro atoms. The SMILES string of the molecule is CCNC(N)=NCC(C)N1CCOCC1. The topological polar surface area (TPSA) is 62.9 Å². The first kappa shape index (κ1) is 12.3. The zero-order valence-corrected chi connectivity index (χ0v) is 9.70. The van der Waals surface area contributed by atoms with Crippen molar-refractivity contribution < 1.29 is 4.74 Å². The molecule has 1 aliphatic heterocycles. The molecular formula is C10H22N4O. The number of nitrogens with zero attached hydrogens (tertiary/aromatic N) is 2. The second-order valence-electron chi connectivity index (χ2n) is 3.75. The molecule has 0 saturated carbocycles. The average Bonchev–Trinajstić information content (AvgIpc) is 2.27. The molecular weight excluding hydrogens is 192 g/mol. The normalized spacial score (nSPS) is 21.3. The van der Waals surface area contributed by atoms with Crippen LogP contribution in [0.5, 0.6) is 0 Å². The highest BCUT2D eigenvalue weighted by molar-refractivity contribution is 5.77. The average molecular weight is 214 g/mol. The third-order valence-electron chi connectivity index (χ3n) is 2.55. The number of rotatable bonds is 4. The molecule has 0 bridgehead atoms. The summed E-state index contributed by atoms with van der Waals surface area (Å²) in [6, 6.07) is 0.436. The third kappa shape index (κ3) is 4.48. The maximum atomic E-state index is 5.66. The van der Waals surface area contributed by atoms with E-state index in [4.69, 9.17) is 10.5 Å². The van der Waals surface area contributed by atoms with E-state index in [9.17, 15) is 0 Å². The molecule has 0 aromatic carbocycles. The lowest BCUT2D eigenvalue weighted by Crippen LogP contribution is -2.44. The summed E-state index contributed by atoms with van der Waals surface area (Å²) in [6.45, 7) is 9.41. The summed E-state index contributed by atoms with van der Waals surface area (Å²) in [4.78, 5) is 6.67. The third-order valence-corrected chi connectivity index (χ3v) is 2.55. The van der Waals surface area contributed by atoms with Crippen LogP contribution in [0.25, 0.3) is 0 Å². The number of morpholine rings is 1. The number of nitrogens with two attached hydrogens (primary N) is 1. The van der Waals surface area contributed by atoms with E-state index in [0.717, 1.165) is 39.4 Å². The van der Waals surface area contributed by atoms with E-state index in [1.54, 1.807) is 0 Å². The Kier molecular flexibility index (Phi) is 5.42. The van der Waals surface area contributed by atoms with E-state index in [0.29, 0.717) is 12.0 Å². The molecule has 3 N–H and O–H groups in total. The van der Waals surface area contributed by atoms with Gasteiger partial charge in [-0.25, -0.2) is 0 Å². The molecule has 0 aliphatic carbocycles. The van der Waals surface area contributed by atoms with Crippen LogP contribution in [-0.4, -0.2) is 56.3 Å². The van der Waals surface area contributed by atoms with E-state index in [1.165, 1.54) is 0 Å². The molecule has 5 heteroatoms. The van der Waals surface area contributed by atoms with Crippen LogP contribution in [0.3, 0.4) is 0 Å². The Balaban J connectivity index is 2.27. The van der Waals surface area contributed by atoms with E-state index >= 15 is 0 Å². The lowest BCUT2D eigenvalue weighted by atomic mass is 10.2. The Morgan fingerprint density at radius 2 is 2.20 bits per heavy atom. The van der Waals surface area contributed by atoms with E-state index < -0.39 is 0 Å². The van der Waals surface area contributed by atoms with E-state index in [-0.39, 0.29) is 0 Å². The first-order valence-corrected chi connectivity index (χ1v) is 5.59. The van der Waals surface area contributed by atoms with Crippen molar-refractivity contribution >= 4 is 5.96 Å². The van der Waals surface area contributed by atoms with Gasteiger partial charge in [0.15, 0.2) is 5.96 Å². The fourth-order valence-electron chi connectivity index (χ4n) is 1.60. The monoisotopic (exact) mass is 214 g/mol. The van der Waals surface area contributed by atoms with Crippen LogP contribution < -0.4 is 11.1 Å². The van der Waals surface area contributed by atoms with Gasteiger partial charge >= 0.3 is 0 Å². The Bertz CT molecular complexity index is 202. The number of hydrogen-bond donors (Lipinski definition) is 2. The molecule has 1 rings (SSSR count). The van der Waals surface area contributed by atoms with Gasteiger partial charge in [-0.2, -0.15) is 0 Å². The molecule has 1 unspecified atom stereocenters. The van der Waals surface area contributed by atoms with Crippen molar-refractivity contribution in [3.63, 3.8) is 0 Å². The Hall–Kier alpha value is -0.810. The quantitative estimate of drug-likeness (QED) is 0.495. The highest BCUT2D eigenvalue weighted by Gasteiger charge is 2.16. The molecule has 1 atom stereocenters. The summed E-state index contributed by atoms with van der Waals surface area (Å²) in [5.41, 5.74) is 5.66. The van der Waals surface area contributed by atoms with Crippen LogP contribution in [-0.2, 0) is 4.74 Å². The van der Waals surface area contributed by atoms with Crippen LogP contribution >= 0.6 is 0 Å². The van der Waals surface area contributed by atoms with Gasteiger partial charge in [-0.15, -0.1) is 0 Å². The van der Waals surface area contributed by atoms with Crippen LogP contribution in [0, 0.1) is 0 Å². The second-order valence-corrected chi connectivity index (χ2v) is 3.75. The van der Waals surface area contributed by atoms with Crippen LogP contribution in [0.1, 0.15) is 13.8 Å². The summed E-state index contributed by atoms with van der Waals surface area (Å²) in [6.07, 6.45) is 0. The number of aliphatic imine (C=N–C) groups is 1. The molecule has 1 aliphatic rings. The number of hydrogen-bond acceptors (Lipinski definition) is 3. The molecule has 0 aromatic rings. The molecule has 88 valence electrons. The highest BCUT2D eigenvalue weighted by atomic mass is 16.5. The van der Waals surface area contributed by atoms with Crippen molar-refractivity contribution in [1.29, 1.82) is 0 Å². The fraction of sp³-hybridized carbons (Fsp3) is 0.900. The molecule has 5 nitrogen and oxygen atoms in total. The number of nitrogens with one attached hydrogen (secondary N) is 1. The van der Waals surface area contributed by atoms with Gasteiger partial charge in [-0.3, -0.25) is 9.89 Å². The summed E-state index contributed by atoms with van der Waals surface area (Å²) in [5, 5.41) is 2.99. The summed E-state index contributed by atoms with van der Waals surface area (Å²) < 4.78 is 5.30. The largest absolute Gasteiger partial charge is 0.379 e. The molecule has 15 heavy (non-hydrogen) atoms. The van der Waals surface area contributed by atoms with Gasteiger partial charge in [0.1, 0.15) is 0 Å². The van der Waals surface area contributed by atoms with Crippen LogP contribution in [0.4, 0.5) is 0 Å². The van der Waals surface area contributed by atoms with E-state index in [2.05, 4.69) is 22.1 Å². The van der Waals surface area contributed by atoms with Crippen molar-refractivity contribution in [3.05, 3.63) is 0 Å². The lowest BCUT2D eigenvalue weighted by Gasteiger charge is -2.31. The molecule has 1 fully saturated rings. The fourth-order valence-corrected chi connectivity index (χ4v) is 1.60. The van der Waals surface area contributed by atoms with Crippen molar-refractivity contribution in [2.45, 2.75) is 19.9 Å². The Morgan fingerprint density at radius 3 is 2.80 bits per heavy atom. The van der Waals surface area contributed by atoms with Gasteiger partial charge in [0.05, 0.1) is 19.8 Å². The predicted molar refractivity (Wildman–Crippen MR) is 62.0 cm³/mol. The number of ether oxygens (including phenoxy) is 1. The van der Waals surface area contributed by atoms with Gasteiger partial charge in [0.25, 0.3) is 0 Å². The lowest BCUT2D eigenvalue weighted by molar-refractivity contribution is 0.0220. The molecule has 0 aromatic heterocycles. The minimum Gasteiger partial charge on any atom is -0.379 e. The van der Waals surface area contributed by atoms with Crippen molar-refractivity contribution in [2.24, 2.45) is 10.7 Å². The first-order chi connectivity index (χ1) is 7.24. The molecule has 0 amide bonds. The van der Waals surface area contributed by atoms with Gasteiger partial charge in [-0.05, 0) is 13.8 Å². The van der Waals surface area contributed by atoms with Crippen molar-refractivity contribution in [1.82, 2.24) is 10.2 Å². The Morgan fingerprint density at radius 1 is 1.53 bits per heavy atom. The second kappa shape index (κ2) is 6.63. The highest BCUT2D eigenvalue weighted by Crippen LogP contribution is 2.03. The van der Waals surface area contributed by atoms with Gasteiger partial charge < -0.3 is 15.8 Å². The minimum absolute atomic E-state index is 0.436. The van der Waals surface area contributed by atoms with Gasteiger partial charge in [0, 0.05) is 25.7 Å². The molecule has 1 saturated heterocycles. The standard InChI is InChI=1S/C10H22N4O/c1-3-12-10(11)13-8-9(2)14-4-6-15-7-5-14/h9H,3-8H2,1-2H3,(H3,11,12,13). The van der Waals surface area contributed by atoms with Gasteiger partial charge in [0.2, 0.25) is 0 Å². The smallest absolute Gasteiger partial charge is 0.188 e. The summed E-state index contributed by atoms with van der Waals surface area (Å²) in [5.74, 6) is 0.539. The maximum Gasteiger partial charge on any atom is 0.188 e. The zero-order chi connectivity index (χ0) is 11.1. The molecule has 1 heterocycles. The summed E-state index contributed by atoms with van der Waals surface area (Å²) in [7, 11) is 0. The number of guanidine groups is 1. The van der Waals surface area contributed by atoms with Crippen LogP contribution in [0.2, 0.25) is 0 Å². The van der Waals surface area contributed by atoms with Gasteiger partial charge in [-0.1, -0.05) is 0 Å². The maximum absolute atomic E-state index is 5.66. The summed E-state index contributed by atoms with van der Waals surface area (Å²) >= 11 is 0. The van der Waals surface area contributed by atoms with Crippen molar-refractivity contribution in [3.8, 4) is 0 Å². The predicted octanol–water partition coefficient (Wildman–Crippen LogP) is -0.369. The molecule has 0 radical (unpaired) electrons. The van der Waals surface area contributed by atoms with Crippen LogP contribution in [0.15, 0.2) is 4.99 Å².